The Bertz CT molecular complexity index is 443. The predicted octanol–water partition coefficient (Wildman–Crippen LogP) is 2.44. The molecule has 0 saturated carbocycles. The molecule has 2 fully saturated rings. The summed E-state index contributed by atoms with van der Waals surface area (Å²) in [5.41, 5.74) is -0.0352. The number of fused-ring (bicyclic) bond motifs is 2. The van der Waals surface area contributed by atoms with Crippen LogP contribution in [0.25, 0.3) is 0 Å². The van der Waals surface area contributed by atoms with Gasteiger partial charge in [-0.25, -0.2) is 4.98 Å². The summed E-state index contributed by atoms with van der Waals surface area (Å²) in [6.07, 6.45) is 6.90. The summed E-state index contributed by atoms with van der Waals surface area (Å²) >= 11 is 0. The van der Waals surface area contributed by atoms with E-state index < -0.39 is 0 Å². The highest BCUT2D eigenvalue weighted by Crippen LogP contribution is 2.29. The SMILES string of the molecule is CC(C)(C)c1nccc(OC2CC3CCC(C2)N3)n1. The lowest BCUT2D eigenvalue weighted by Crippen LogP contribution is -2.42. The van der Waals surface area contributed by atoms with E-state index in [1.807, 2.05) is 6.07 Å². The highest BCUT2D eigenvalue weighted by Gasteiger charge is 2.34. The van der Waals surface area contributed by atoms with E-state index in [-0.39, 0.29) is 5.41 Å². The molecule has 104 valence electrons. The Morgan fingerprint density at radius 2 is 1.89 bits per heavy atom. The third kappa shape index (κ3) is 2.89. The van der Waals surface area contributed by atoms with Crippen LogP contribution in [0.2, 0.25) is 0 Å². The largest absolute Gasteiger partial charge is 0.474 e. The minimum absolute atomic E-state index is 0.0352. The maximum Gasteiger partial charge on any atom is 0.216 e. The summed E-state index contributed by atoms with van der Waals surface area (Å²) in [5.74, 6) is 1.58. The Hall–Kier alpha value is -1.16. The molecule has 0 amide bonds. The van der Waals surface area contributed by atoms with Gasteiger partial charge in [0.05, 0.1) is 0 Å². The first-order chi connectivity index (χ1) is 9.00. The van der Waals surface area contributed by atoms with Crippen LogP contribution in [0.1, 0.15) is 52.3 Å². The fourth-order valence-electron chi connectivity index (χ4n) is 3.04. The van der Waals surface area contributed by atoms with Crippen molar-refractivity contribution in [1.82, 2.24) is 15.3 Å². The summed E-state index contributed by atoms with van der Waals surface area (Å²) in [5, 5.41) is 3.63. The van der Waals surface area contributed by atoms with Crippen LogP contribution < -0.4 is 10.1 Å². The minimum Gasteiger partial charge on any atom is -0.474 e. The molecule has 1 aromatic heterocycles. The molecule has 0 spiro atoms. The average molecular weight is 261 g/mol. The van der Waals surface area contributed by atoms with Crippen LogP contribution >= 0.6 is 0 Å². The maximum absolute atomic E-state index is 6.08. The number of hydrogen-bond acceptors (Lipinski definition) is 4. The van der Waals surface area contributed by atoms with Crippen molar-refractivity contribution in [2.24, 2.45) is 0 Å². The molecule has 2 saturated heterocycles. The maximum atomic E-state index is 6.08. The fourth-order valence-corrected chi connectivity index (χ4v) is 3.04. The molecule has 2 bridgehead atoms. The second kappa shape index (κ2) is 4.75. The summed E-state index contributed by atoms with van der Waals surface area (Å²) in [6.45, 7) is 6.37. The smallest absolute Gasteiger partial charge is 0.216 e. The van der Waals surface area contributed by atoms with Crippen molar-refractivity contribution in [2.75, 3.05) is 0 Å². The van der Waals surface area contributed by atoms with E-state index in [4.69, 9.17) is 4.74 Å². The van der Waals surface area contributed by atoms with E-state index in [1.54, 1.807) is 6.20 Å². The molecule has 0 aliphatic carbocycles. The van der Waals surface area contributed by atoms with E-state index in [0.29, 0.717) is 18.2 Å². The lowest BCUT2D eigenvalue weighted by molar-refractivity contribution is 0.131. The van der Waals surface area contributed by atoms with Crippen molar-refractivity contribution in [3.63, 3.8) is 0 Å². The van der Waals surface area contributed by atoms with Gasteiger partial charge in [-0.1, -0.05) is 20.8 Å². The van der Waals surface area contributed by atoms with Crippen LogP contribution in [0.3, 0.4) is 0 Å². The van der Waals surface area contributed by atoms with Crippen molar-refractivity contribution < 1.29 is 4.74 Å². The molecule has 2 aliphatic rings. The first-order valence-electron chi connectivity index (χ1n) is 7.27. The Morgan fingerprint density at radius 1 is 1.21 bits per heavy atom. The lowest BCUT2D eigenvalue weighted by Gasteiger charge is -2.29. The second-order valence-electron chi connectivity index (χ2n) is 6.82. The highest BCUT2D eigenvalue weighted by molar-refractivity contribution is 5.13. The van der Waals surface area contributed by atoms with Gasteiger partial charge in [-0.15, -0.1) is 0 Å². The van der Waals surface area contributed by atoms with Crippen LogP contribution in [0.4, 0.5) is 0 Å². The quantitative estimate of drug-likeness (QED) is 0.888. The Balaban J connectivity index is 1.70. The van der Waals surface area contributed by atoms with E-state index in [0.717, 1.165) is 24.5 Å². The number of piperidine rings is 1. The second-order valence-corrected chi connectivity index (χ2v) is 6.82. The van der Waals surface area contributed by atoms with Gasteiger partial charge in [-0.05, 0) is 25.7 Å². The third-order valence-corrected chi connectivity index (χ3v) is 4.02. The molecule has 19 heavy (non-hydrogen) atoms. The van der Waals surface area contributed by atoms with E-state index in [2.05, 4.69) is 36.1 Å². The molecule has 2 atom stereocenters. The molecule has 0 aromatic carbocycles. The van der Waals surface area contributed by atoms with Gasteiger partial charge in [0, 0.05) is 29.8 Å². The molecule has 1 aromatic rings. The zero-order valence-corrected chi connectivity index (χ0v) is 12.0. The number of hydrogen-bond donors (Lipinski definition) is 1. The first kappa shape index (κ1) is 12.9. The standard InChI is InChI=1S/C15H23N3O/c1-15(2,3)14-16-7-6-13(18-14)19-12-8-10-4-5-11(9-12)17-10/h6-7,10-12,17H,4-5,8-9H2,1-3H3. The van der Waals surface area contributed by atoms with E-state index >= 15 is 0 Å². The van der Waals surface area contributed by atoms with Gasteiger partial charge in [0.15, 0.2) is 0 Å². The van der Waals surface area contributed by atoms with Crippen molar-refractivity contribution >= 4 is 0 Å². The number of nitrogens with zero attached hydrogens (tertiary/aromatic N) is 2. The van der Waals surface area contributed by atoms with E-state index in [9.17, 15) is 0 Å². The van der Waals surface area contributed by atoms with Gasteiger partial charge < -0.3 is 10.1 Å². The van der Waals surface area contributed by atoms with Gasteiger partial charge >= 0.3 is 0 Å². The zero-order chi connectivity index (χ0) is 13.5. The molecule has 2 unspecified atom stereocenters. The molecule has 3 heterocycles. The van der Waals surface area contributed by atoms with Gasteiger partial charge in [0.1, 0.15) is 11.9 Å². The molecule has 4 heteroatoms. The number of aromatic nitrogens is 2. The third-order valence-electron chi connectivity index (χ3n) is 4.02. The molecule has 1 N–H and O–H groups in total. The van der Waals surface area contributed by atoms with Crippen molar-refractivity contribution in [3.8, 4) is 5.88 Å². The fraction of sp³-hybridized carbons (Fsp3) is 0.733. The van der Waals surface area contributed by atoms with Gasteiger partial charge in [0.2, 0.25) is 5.88 Å². The summed E-state index contributed by atoms with van der Waals surface area (Å²) in [4.78, 5) is 8.90. The highest BCUT2D eigenvalue weighted by atomic mass is 16.5. The molecular formula is C15H23N3O. The van der Waals surface area contributed by atoms with Gasteiger partial charge in [0.25, 0.3) is 0 Å². The van der Waals surface area contributed by atoms with Crippen LogP contribution in [0.5, 0.6) is 5.88 Å². The Morgan fingerprint density at radius 3 is 2.53 bits per heavy atom. The van der Waals surface area contributed by atoms with Crippen molar-refractivity contribution in [3.05, 3.63) is 18.1 Å². The van der Waals surface area contributed by atoms with E-state index in [1.165, 1.54) is 12.8 Å². The average Bonchev–Trinajstić information content (AvgIpc) is 2.68. The topological polar surface area (TPSA) is 47.0 Å². The predicted molar refractivity (Wildman–Crippen MR) is 74.3 cm³/mol. The van der Waals surface area contributed by atoms with Crippen molar-refractivity contribution in [2.45, 2.75) is 70.1 Å². The van der Waals surface area contributed by atoms with Crippen LogP contribution in [-0.4, -0.2) is 28.2 Å². The van der Waals surface area contributed by atoms with Crippen molar-refractivity contribution in [1.29, 1.82) is 0 Å². The van der Waals surface area contributed by atoms with Crippen LogP contribution in [0, 0.1) is 0 Å². The molecule has 4 nitrogen and oxygen atoms in total. The number of nitrogens with one attached hydrogen (secondary N) is 1. The monoisotopic (exact) mass is 261 g/mol. The van der Waals surface area contributed by atoms with Crippen LogP contribution in [0.15, 0.2) is 12.3 Å². The molecule has 0 radical (unpaired) electrons. The first-order valence-corrected chi connectivity index (χ1v) is 7.27. The summed E-state index contributed by atoms with van der Waals surface area (Å²) in [6, 6.07) is 3.17. The Labute approximate surface area is 115 Å². The lowest BCUT2D eigenvalue weighted by atomic mass is 9.96. The zero-order valence-electron chi connectivity index (χ0n) is 12.0. The minimum atomic E-state index is -0.0352. The number of rotatable bonds is 2. The van der Waals surface area contributed by atoms with Crippen LogP contribution in [-0.2, 0) is 5.41 Å². The number of ether oxygens (including phenoxy) is 1. The molecular weight excluding hydrogens is 238 g/mol. The molecule has 2 aliphatic heterocycles. The normalized spacial score (nSPS) is 30.4. The Kier molecular flexibility index (Phi) is 3.21. The van der Waals surface area contributed by atoms with Gasteiger partial charge in [-0.3, -0.25) is 0 Å². The van der Waals surface area contributed by atoms with Gasteiger partial charge in [-0.2, -0.15) is 4.98 Å². The summed E-state index contributed by atoms with van der Waals surface area (Å²) in [7, 11) is 0. The molecule has 3 rings (SSSR count). The summed E-state index contributed by atoms with van der Waals surface area (Å²) < 4.78 is 6.08.